The largest absolute Gasteiger partial charge is 0.479 e. The van der Waals surface area contributed by atoms with Crippen molar-refractivity contribution >= 4 is 11.6 Å². The molecule has 5 heteroatoms. The number of aliphatic hydroxyl groups is 1. The molecule has 2 aliphatic rings. The molecular weight excluding hydrogens is 268 g/mol. The highest BCUT2D eigenvalue weighted by atomic mass is 16.5. The van der Waals surface area contributed by atoms with Gasteiger partial charge in [0.15, 0.2) is 6.10 Å². The molecule has 1 atom stereocenters. The van der Waals surface area contributed by atoms with Gasteiger partial charge in [0.1, 0.15) is 5.75 Å². The lowest BCUT2D eigenvalue weighted by molar-refractivity contribution is -0.125. The first-order valence-electron chi connectivity index (χ1n) is 7.63. The van der Waals surface area contributed by atoms with E-state index in [0.29, 0.717) is 12.3 Å². The van der Waals surface area contributed by atoms with Crippen LogP contribution in [0.4, 0.5) is 5.69 Å². The minimum atomic E-state index is -0.468. The Morgan fingerprint density at radius 3 is 2.76 bits per heavy atom. The molecule has 1 fully saturated rings. The quantitative estimate of drug-likeness (QED) is 0.910. The number of fused-ring (bicyclic) bond motifs is 1. The third-order valence-electron chi connectivity index (χ3n) is 4.25. The summed E-state index contributed by atoms with van der Waals surface area (Å²) >= 11 is 0. The monoisotopic (exact) mass is 290 g/mol. The minimum absolute atomic E-state index is 0.0124. The third kappa shape index (κ3) is 2.89. The lowest BCUT2D eigenvalue weighted by Crippen LogP contribution is -2.47. The number of nitrogens with zero attached hydrogens (tertiary/aromatic N) is 2. The summed E-state index contributed by atoms with van der Waals surface area (Å²) < 4.78 is 5.67. The van der Waals surface area contributed by atoms with E-state index in [1.54, 1.807) is 6.92 Å². The molecule has 114 valence electrons. The van der Waals surface area contributed by atoms with Gasteiger partial charge >= 0.3 is 0 Å². The molecule has 0 aliphatic carbocycles. The fraction of sp³-hybridized carbons (Fsp3) is 0.562. The summed E-state index contributed by atoms with van der Waals surface area (Å²) in [5.74, 6) is 0.702. The third-order valence-corrected chi connectivity index (χ3v) is 4.25. The molecule has 0 spiro atoms. The highest BCUT2D eigenvalue weighted by Gasteiger charge is 2.31. The molecule has 1 unspecified atom stereocenters. The van der Waals surface area contributed by atoms with Crippen molar-refractivity contribution in [3.05, 3.63) is 23.8 Å². The predicted molar refractivity (Wildman–Crippen MR) is 80.5 cm³/mol. The average molecular weight is 290 g/mol. The second kappa shape index (κ2) is 6.03. The van der Waals surface area contributed by atoms with Crippen LogP contribution >= 0.6 is 0 Å². The highest BCUT2D eigenvalue weighted by molar-refractivity contribution is 5.99. The van der Waals surface area contributed by atoms with Crippen LogP contribution in [0, 0.1) is 0 Å². The maximum Gasteiger partial charge on any atom is 0.267 e. The molecule has 1 saturated heterocycles. The molecule has 2 aliphatic heterocycles. The number of anilines is 1. The average Bonchev–Trinajstić information content (AvgIpc) is 3.00. The zero-order valence-corrected chi connectivity index (χ0v) is 12.4. The van der Waals surface area contributed by atoms with Crippen molar-refractivity contribution in [1.82, 2.24) is 4.90 Å². The number of carbonyl (C=O) groups is 1. The van der Waals surface area contributed by atoms with E-state index in [9.17, 15) is 9.90 Å². The van der Waals surface area contributed by atoms with E-state index in [-0.39, 0.29) is 12.5 Å². The van der Waals surface area contributed by atoms with Crippen LogP contribution in [0.15, 0.2) is 18.2 Å². The van der Waals surface area contributed by atoms with Gasteiger partial charge in [-0.15, -0.1) is 0 Å². The number of hydrogen-bond acceptors (Lipinski definition) is 4. The Hall–Kier alpha value is -1.59. The predicted octanol–water partition coefficient (Wildman–Crippen LogP) is 1.39. The van der Waals surface area contributed by atoms with Gasteiger partial charge in [0.05, 0.1) is 12.3 Å². The zero-order chi connectivity index (χ0) is 14.8. The van der Waals surface area contributed by atoms with Gasteiger partial charge in [-0.1, -0.05) is 6.07 Å². The molecule has 5 nitrogen and oxygen atoms in total. The number of rotatable bonds is 4. The van der Waals surface area contributed by atoms with Crippen LogP contribution in [-0.4, -0.2) is 48.2 Å². The van der Waals surface area contributed by atoms with Crippen LogP contribution < -0.4 is 9.64 Å². The van der Waals surface area contributed by atoms with Gasteiger partial charge in [-0.25, -0.2) is 0 Å². The van der Waals surface area contributed by atoms with Gasteiger partial charge in [0, 0.05) is 13.1 Å². The number of hydrogen-bond donors (Lipinski definition) is 1. The fourth-order valence-electron chi connectivity index (χ4n) is 3.03. The van der Waals surface area contributed by atoms with E-state index in [0.717, 1.165) is 30.9 Å². The molecule has 1 aromatic rings. The Morgan fingerprint density at radius 2 is 2.05 bits per heavy atom. The van der Waals surface area contributed by atoms with Gasteiger partial charge in [-0.2, -0.15) is 0 Å². The highest BCUT2D eigenvalue weighted by Crippen LogP contribution is 2.34. The molecule has 0 bridgehead atoms. The minimum Gasteiger partial charge on any atom is -0.479 e. The summed E-state index contributed by atoms with van der Waals surface area (Å²) in [6.45, 7) is 5.61. The number of ether oxygens (including phenoxy) is 1. The molecule has 0 radical (unpaired) electrons. The Bertz CT molecular complexity index is 526. The molecule has 0 saturated carbocycles. The van der Waals surface area contributed by atoms with Crippen LogP contribution in [0.3, 0.4) is 0 Å². The normalized spacial score (nSPS) is 22.3. The summed E-state index contributed by atoms with van der Waals surface area (Å²) in [6, 6.07) is 5.53. The lowest BCUT2D eigenvalue weighted by atomic mass is 10.1. The Labute approximate surface area is 125 Å². The van der Waals surface area contributed by atoms with Gasteiger partial charge in [-0.3, -0.25) is 4.79 Å². The van der Waals surface area contributed by atoms with Gasteiger partial charge in [0.25, 0.3) is 5.91 Å². The van der Waals surface area contributed by atoms with Crippen molar-refractivity contribution in [2.45, 2.75) is 32.5 Å². The lowest BCUT2D eigenvalue weighted by Gasteiger charge is -2.34. The molecule has 1 aromatic carbocycles. The summed E-state index contributed by atoms with van der Waals surface area (Å²) in [6.07, 6.45) is 2.04. The van der Waals surface area contributed by atoms with Crippen LogP contribution in [0.25, 0.3) is 0 Å². The first-order chi connectivity index (χ1) is 10.2. The molecule has 0 aromatic heterocycles. The van der Waals surface area contributed by atoms with Crippen molar-refractivity contribution in [3.63, 3.8) is 0 Å². The molecule has 3 rings (SSSR count). The zero-order valence-electron chi connectivity index (χ0n) is 12.4. The Kier molecular flexibility index (Phi) is 4.12. The molecule has 21 heavy (non-hydrogen) atoms. The van der Waals surface area contributed by atoms with Gasteiger partial charge in [-0.05, 0) is 50.6 Å². The summed E-state index contributed by atoms with van der Waals surface area (Å²) in [4.78, 5) is 16.6. The molecule has 1 amide bonds. The summed E-state index contributed by atoms with van der Waals surface area (Å²) in [5.41, 5.74) is 1.62. The van der Waals surface area contributed by atoms with Gasteiger partial charge < -0.3 is 19.6 Å². The van der Waals surface area contributed by atoms with Crippen molar-refractivity contribution in [1.29, 1.82) is 0 Å². The molecule has 1 N–H and O–H groups in total. The van der Waals surface area contributed by atoms with Crippen molar-refractivity contribution in [3.8, 4) is 5.75 Å². The van der Waals surface area contributed by atoms with Crippen LogP contribution in [0.1, 0.15) is 25.3 Å². The van der Waals surface area contributed by atoms with Crippen LogP contribution in [0.2, 0.25) is 0 Å². The Morgan fingerprint density at radius 1 is 1.29 bits per heavy atom. The second-order valence-corrected chi connectivity index (χ2v) is 5.76. The SMILES string of the molecule is CC1Oc2cc(CO)ccc2N(CCN2CCCC2)C1=O. The van der Waals surface area contributed by atoms with Crippen molar-refractivity contribution in [2.75, 3.05) is 31.1 Å². The Balaban J connectivity index is 1.79. The van der Waals surface area contributed by atoms with E-state index in [1.807, 2.05) is 23.1 Å². The summed E-state index contributed by atoms with van der Waals surface area (Å²) in [5, 5.41) is 9.23. The maximum absolute atomic E-state index is 12.4. The van der Waals surface area contributed by atoms with E-state index >= 15 is 0 Å². The van der Waals surface area contributed by atoms with Crippen molar-refractivity contribution in [2.24, 2.45) is 0 Å². The second-order valence-electron chi connectivity index (χ2n) is 5.76. The van der Waals surface area contributed by atoms with Crippen LogP contribution in [-0.2, 0) is 11.4 Å². The first kappa shape index (κ1) is 14.4. The van der Waals surface area contributed by atoms with E-state index in [4.69, 9.17) is 4.74 Å². The number of carbonyl (C=O) groups excluding carboxylic acids is 1. The van der Waals surface area contributed by atoms with Gasteiger partial charge in [0.2, 0.25) is 0 Å². The number of amides is 1. The topological polar surface area (TPSA) is 53.0 Å². The smallest absolute Gasteiger partial charge is 0.267 e. The van der Waals surface area contributed by atoms with Crippen molar-refractivity contribution < 1.29 is 14.6 Å². The molecular formula is C16H22N2O3. The maximum atomic E-state index is 12.4. The number of likely N-dealkylation sites (tertiary alicyclic amines) is 1. The van der Waals surface area contributed by atoms with E-state index in [2.05, 4.69) is 4.90 Å². The number of benzene rings is 1. The standard InChI is InChI=1S/C16H22N2O3/c1-12-16(20)18(9-8-17-6-2-3-7-17)14-5-4-13(11-19)10-15(14)21-12/h4-5,10,12,19H,2-3,6-9,11H2,1H3. The first-order valence-corrected chi connectivity index (χ1v) is 7.63. The number of aliphatic hydroxyl groups excluding tert-OH is 1. The summed E-state index contributed by atoms with van der Waals surface area (Å²) in [7, 11) is 0. The molecule has 2 heterocycles. The van der Waals surface area contributed by atoms with E-state index < -0.39 is 6.10 Å². The van der Waals surface area contributed by atoms with Crippen LogP contribution in [0.5, 0.6) is 5.75 Å². The fourth-order valence-corrected chi connectivity index (χ4v) is 3.03. The van der Waals surface area contributed by atoms with E-state index in [1.165, 1.54) is 12.8 Å².